The fourth-order valence-electron chi connectivity index (χ4n) is 2.47. The molecular formula is C18H16Cl2N2. The van der Waals surface area contributed by atoms with Crippen molar-refractivity contribution >= 4 is 45.0 Å². The van der Waals surface area contributed by atoms with E-state index < -0.39 is 0 Å². The van der Waals surface area contributed by atoms with Crippen LogP contribution in [0.3, 0.4) is 0 Å². The van der Waals surface area contributed by atoms with Gasteiger partial charge in [-0.05, 0) is 55.5 Å². The molecule has 0 radical (unpaired) electrons. The number of hydrogen-bond acceptors (Lipinski definition) is 0. The van der Waals surface area contributed by atoms with Crippen LogP contribution in [0.5, 0.6) is 0 Å². The molecule has 0 saturated heterocycles. The monoisotopic (exact) mass is 330 g/mol. The number of rotatable bonds is 1. The van der Waals surface area contributed by atoms with Gasteiger partial charge in [0.15, 0.2) is 0 Å². The highest BCUT2D eigenvalue weighted by atomic mass is 35.5. The second kappa shape index (κ2) is 6.47. The molecule has 2 aromatic heterocycles. The van der Waals surface area contributed by atoms with E-state index in [0.717, 1.165) is 27.5 Å². The van der Waals surface area contributed by atoms with E-state index in [9.17, 15) is 0 Å². The van der Waals surface area contributed by atoms with Crippen molar-refractivity contribution < 1.29 is 0 Å². The zero-order valence-electron chi connectivity index (χ0n) is 12.2. The second-order valence-electron chi connectivity index (χ2n) is 5.01. The van der Waals surface area contributed by atoms with Crippen LogP contribution in [0.1, 0.15) is 6.92 Å². The lowest BCUT2D eigenvalue weighted by molar-refractivity contribution is 0.798. The maximum absolute atomic E-state index is 5.86. The summed E-state index contributed by atoms with van der Waals surface area (Å²) >= 11 is 11.6. The maximum atomic E-state index is 5.86. The average Bonchev–Trinajstić information content (AvgIpc) is 3.12. The zero-order chi connectivity index (χ0) is 15.5. The van der Waals surface area contributed by atoms with E-state index in [1.54, 1.807) is 0 Å². The molecule has 0 aliphatic rings. The summed E-state index contributed by atoms with van der Waals surface area (Å²) < 4.78 is 2.20. The van der Waals surface area contributed by atoms with Crippen molar-refractivity contribution in [1.29, 1.82) is 0 Å². The molecule has 4 aromatic rings. The SMILES string of the molecule is CCn1ccc2cc(Cl)ccc21.Clc1ccc2[nH]ccc2c1. The number of H-pyrrole nitrogens is 1. The molecule has 4 rings (SSSR count). The number of fused-ring (bicyclic) bond motifs is 2. The summed E-state index contributed by atoms with van der Waals surface area (Å²) in [5.41, 5.74) is 2.38. The lowest BCUT2D eigenvalue weighted by Gasteiger charge is -1.99. The van der Waals surface area contributed by atoms with Crippen molar-refractivity contribution in [3.8, 4) is 0 Å². The number of benzene rings is 2. The molecule has 112 valence electrons. The van der Waals surface area contributed by atoms with Crippen LogP contribution in [0.25, 0.3) is 21.8 Å². The van der Waals surface area contributed by atoms with Crippen LogP contribution in [0, 0.1) is 0 Å². The van der Waals surface area contributed by atoms with Crippen molar-refractivity contribution in [3.63, 3.8) is 0 Å². The van der Waals surface area contributed by atoms with Crippen LogP contribution in [0.15, 0.2) is 60.9 Å². The number of aryl methyl sites for hydroxylation is 1. The summed E-state index contributed by atoms with van der Waals surface area (Å²) in [5.74, 6) is 0. The number of aromatic amines is 1. The molecule has 2 aromatic carbocycles. The van der Waals surface area contributed by atoms with Crippen molar-refractivity contribution in [2.75, 3.05) is 0 Å². The summed E-state index contributed by atoms with van der Waals surface area (Å²) in [4.78, 5) is 3.09. The van der Waals surface area contributed by atoms with E-state index in [1.165, 1.54) is 10.9 Å². The van der Waals surface area contributed by atoms with Crippen molar-refractivity contribution in [2.45, 2.75) is 13.5 Å². The number of aromatic nitrogens is 2. The molecule has 0 amide bonds. The topological polar surface area (TPSA) is 20.7 Å². The first-order chi connectivity index (χ1) is 10.7. The van der Waals surface area contributed by atoms with Crippen LogP contribution in [-0.4, -0.2) is 9.55 Å². The summed E-state index contributed by atoms with van der Waals surface area (Å²) in [6, 6.07) is 15.8. The lowest BCUT2D eigenvalue weighted by Crippen LogP contribution is -1.89. The van der Waals surface area contributed by atoms with Crippen molar-refractivity contribution in [2.24, 2.45) is 0 Å². The third-order valence-electron chi connectivity index (χ3n) is 3.59. The maximum Gasteiger partial charge on any atom is 0.0481 e. The third kappa shape index (κ3) is 3.13. The number of nitrogens with zero attached hydrogens (tertiary/aromatic N) is 1. The Kier molecular flexibility index (Phi) is 4.41. The van der Waals surface area contributed by atoms with E-state index in [2.05, 4.69) is 34.8 Å². The van der Waals surface area contributed by atoms with Gasteiger partial charge in [-0.2, -0.15) is 0 Å². The Labute approximate surface area is 139 Å². The molecule has 0 aliphatic heterocycles. The fourth-order valence-corrected chi connectivity index (χ4v) is 2.83. The average molecular weight is 331 g/mol. The van der Waals surface area contributed by atoms with Gasteiger partial charge >= 0.3 is 0 Å². The Morgan fingerprint density at radius 2 is 1.64 bits per heavy atom. The van der Waals surface area contributed by atoms with Gasteiger partial charge in [0.2, 0.25) is 0 Å². The van der Waals surface area contributed by atoms with Crippen LogP contribution in [0.4, 0.5) is 0 Å². The summed E-state index contributed by atoms with van der Waals surface area (Å²) in [7, 11) is 0. The third-order valence-corrected chi connectivity index (χ3v) is 4.06. The summed E-state index contributed by atoms with van der Waals surface area (Å²) in [6.07, 6.45) is 3.99. The van der Waals surface area contributed by atoms with Crippen LogP contribution >= 0.6 is 23.2 Å². The minimum atomic E-state index is 0.784. The first-order valence-electron chi connectivity index (χ1n) is 7.14. The van der Waals surface area contributed by atoms with Crippen LogP contribution in [0.2, 0.25) is 10.0 Å². The zero-order valence-corrected chi connectivity index (χ0v) is 13.7. The second-order valence-corrected chi connectivity index (χ2v) is 5.89. The van der Waals surface area contributed by atoms with E-state index in [-0.39, 0.29) is 0 Å². The van der Waals surface area contributed by atoms with Gasteiger partial charge in [0.25, 0.3) is 0 Å². The molecule has 2 nitrogen and oxygen atoms in total. The predicted octanol–water partition coefficient (Wildman–Crippen LogP) is 6.14. The lowest BCUT2D eigenvalue weighted by atomic mass is 10.2. The molecule has 0 atom stereocenters. The van der Waals surface area contributed by atoms with E-state index in [0.29, 0.717) is 0 Å². The van der Waals surface area contributed by atoms with E-state index in [4.69, 9.17) is 23.2 Å². The number of nitrogens with one attached hydrogen (secondary N) is 1. The predicted molar refractivity (Wildman–Crippen MR) is 95.9 cm³/mol. The van der Waals surface area contributed by atoms with Gasteiger partial charge in [0.05, 0.1) is 0 Å². The Balaban J connectivity index is 0.000000133. The quantitative estimate of drug-likeness (QED) is 0.433. The number of hydrogen-bond donors (Lipinski definition) is 1. The highest BCUT2D eigenvalue weighted by Gasteiger charge is 1.98. The van der Waals surface area contributed by atoms with Crippen molar-refractivity contribution in [3.05, 3.63) is 71.0 Å². The first kappa shape index (κ1) is 15.0. The van der Waals surface area contributed by atoms with Gasteiger partial charge in [-0.15, -0.1) is 0 Å². The van der Waals surface area contributed by atoms with Gasteiger partial charge < -0.3 is 9.55 Å². The van der Waals surface area contributed by atoms with E-state index in [1.807, 2.05) is 42.6 Å². The molecule has 0 bridgehead atoms. The molecule has 4 heteroatoms. The molecule has 1 N–H and O–H groups in total. The fraction of sp³-hybridized carbons (Fsp3) is 0.111. The smallest absolute Gasteiger partial charge is 0.0481 e. The molecule has 2 heterocycles. The van der Waals surface area contributed by atoms with Gasteiger partial charge in [-0.1, -0.05) is 23.2 Å². The molecule has 22 heavy (non-hydrogen) atoms. The Hall–Kier alpha value is -1.90. The molecule has 0 fully saturated rings. The standard InChI is InChI=1S/C10H10ClN.C8H6ClN/c1-2-12-6-5-8-7-9(11)3-4-10(8)12;9-7-1-2-8-6(5-7)3-4-10-8/h3-7H,2H2,1H3;1-5,10H. The van der Waals surface area contributed by atoms with Crippen molar-refractivity contribution in [1.82, 2.24) is 9.55 Å². The Bertz CT molecular complexity index is 906. The van der Waals surface area contributed by atoms with Gasteiger partial charge in [0, 0.05) is 50.8 Å². The highest BCUT2D eigenvalue weighted by Crippen LogP contribution is 2.20. The highest BCUT2D eigenvalue weighted by molar-refractivity contribution is 6.31. The summed E-state index contributed by atoms with van der Waals surface area (Å²) in [6.45, 7) is 3.14. The molecule has 0 aliphatic carbocycles. The largest absolute Gasteiger partial charge is 0.361 e. The summed E-state index contributed by atoms with van der Waals surface area (Å²) in [5, 5.41) is 3.96. The van der Waals surface area contributed by atoms with Gasteiger partial charge in [-0.25, -0.2) is 0 Å². The van der Waals surface area contributed by atoms with Gasteiger partial charge in [-0.3, -0.25) is 0 Å². The number of halogens is 2. The molecular weight excluding hydrogens is 315 g/mol. The first-order valence-corrected chi connectivity index (χ1v) is 7.90. The molecule has 0 spiro atoms. The minimum absolute atomic E-state index is 0.784. The van der Waals surface area contributed by atoms with Gasteiger partial charge in [0.1, 0.15) is 0 Å². The van der Waals surface area contributed by atoms with Crippen LogP contribution < -0.4 is 0 Å². The van der Waals surface area contributed by atoms with Crippen LogP contribution in [-0.2, 0) is 6.54 Å². The Morgan fingerprint density at radius 1 is 0.909 bits per heavy atom. The Morgan fingerprint density at radius 3 is 2.41 bits per heavy atom. The normalized spacial score (nSPS) is 10.7. The molecule has 0 saturated carbocycles. The molecule has 0 unspecified atom stereocenters. The van der Waals surface area contributed by atoms with E-state index >= 15 is 0 Å². The minimum Gasteiger partial charge on any atom is -0.361 e.